The number of rotatable bonds is 5. The standard InChI is InChI=1S/C17H26N2OS/c1-17(2)8-3-10-19(11-9-17)12-13-20-15-6-4-14(5-7-15)16(18)21/h4-7H,3,8-13H2,1-2H3,(H2,18,21). The van der Waals surface area contributed by atoms with Gasteiger partial charge < -0.3 is 10.5 Å². The zero-order chi connectivity index (χ0) is 15.3. The van der Waals surface area contributed by atoms with Crippen molar-refractivity contribution in [3.63, 3.8) is 0 Å². The summed E-state index contributed by atoms with van der Waals surface area (Å²) in [6, 6.07) is 7.68. The largest absolute Gasteiger partial charge is 0.492 e. The zero-order valence-electron chi connectivity index (χ0n) is 13.1. The monoisotopic (exact) mass is 306 g/mol. The molecule has 3 nitrogen and oxygen atoms in total. The quantitative estimate of drug-likeness (QED) is 0.848. The molecular formula is C17H26N2OS. The van der Waals surface area contributed by atoms with Gasteiger partial charge in [0.1, 0.15) is 17.3 Å². The molecule has 0 aromatic heterocycles. The van der Waals surface area contributed by atoms with Crippen molar-refractivity contribution in [2.75, 3.05) is 26.2 Å². The Bertz CT molecular complexity index is 470. The number of thiocarbonyl (C=S) groups is 1. The summed E-state index contributed by atoms with van der Waals surface area (Å²) in [5.41, 5.74) is 6.96. The van der Waals surface area contributed by atoms with Crippen LogP contribution in [0.4, 0.5) is 0 Å². The molecule has 0 aliphatic carbocycles. The van der Waals surface area contributed by atoms with Crippen molar-refractivity contribution in [1.82, 2.24) is 4.90 Å². The van der Waals surface area contributed by atoms with Gasteiger partial charge in [0.15, 0.2) is 0 Å². The zero-order valence-corrected chi connectivity index (χ0v) is 13.9. The van der Waals surface area contributed by atoms with E-state index in [1.807, 2.05) is 24.3 Å². The first-order valence-electron chi connectivity index (χ1n) is 7.71. The molecule has 116 valence electrons. The maximum atomic E-state index is 5.81. The highest BCUT2D eigenvalue weighted by atomic mass is 32.1. The van der Waals surface area contributed by atoms with Crippen molar-refractivity contribution in [2.45, 2.75) is 33.1 Å². The number of hydrogen-bond donors (Lipinski definition) is 1. The molecule has 1 aromatic carbocycles. The van der Waals surface area contributed by atoms with E-state index >= 15 is 0 Å². The highest BCUT2D eigenvalue weighted by Crippen LogP contribution is 2.29. The molecule has 1 aromatic rings. The third-order valence-corrected chi connectivity index (χ3v) is 4.48. The summed E-state index contributed by atoms with van der Waals surface area (Å²) in [6.45, 7) is 8.83. The highest BCUT2D eigenvalue weighted by Gasteiger charge is 2.22. The van der Waals surface area contributed by atoms with Crippen LogP contribution in [0.1, 0.15) is 38.7 Å². The van der Waals surface area contributed by atoms with Gasteiger partial charge in [0, 0.05) is 12.1 Å². The lowest BCUT2D eigenvalue weighted by atomic mass is 9.85. The van der Waals surface area contributed by atoms with Crippen molar-refractivity contribution in [3.8, 4) is 5.75 Å². The molecule has 1 heterocycles. The fourth-order valence-electron chi connectivity index (χ4n) is 2.71. The van der Waals surface area contributed by atoms with Crippen LogP contribution < -0.4 is 10.5 Å². The fraction of sp³-hybridized carbons (Fsp3) is 0.588. The van der Waals surface area contributed by atoms with Crippen LogP contribution >= 0.6 is 12.2 Å². The molecular weight excluding hydrogens is 280 g/mol. The Morgan fingerprint density at radius 3 is 2.62 bits per heavy atom. The lowest BCUT2D eigenvalue weighted by molar-refractivity contribution is 0.207. The molecule has 0 radical (unpaired) electrons. The van der Waals surface area contributed by atoms with Gasteiger partial charge in [-0.1, -0.05) is 26.1 Å². The summed E-state index contributed by atoms with van der Waals surface area (Å²) in [6.07, 6.45) is 3.89. The third kappa shape index (κ3) is 5.29. The van der Waals surface area contributed by atoms with E-state index in [0.29, 0.717) is 10.4 Å². The Hall–Kier alpha value is -1.13. The average molecular weight is 306 g/mol. The van der Waals surface area contributed by atoms with Gasteiger partial charge in [0.2, 0.25) is 0 Å². The van der Waals surface area contributed by atoms with Crippen molar-refractivity contribution in [3.05, 3.63) is 29.8 Å². The van der Waals surface area contributed by atoms with Gasteiger partial charge in [-0.3, -0.25) is 4.90 Å². The van der Waals surface area contributed by atoms with E-state index in [9.17, 15) is 0 Å². The Kier molecular flexibility index (Phi) is 5.59. The van der Waals surface area contributed by atoms with E-state index in [0.717, 1.165) is 24.5 Å². The lowest BCUT2D eigenvalue weighted by Crippen LogP contribution is -2.30. The first kappa shape index (κ1) is 16.2. The van der Waals surface area contributed by atoms with Crippen LogP contribution in [-0.4, -0.2) is 36.1 Å². The predicted molar refractivity (Wildman–Crippen MR) is 91.9 cm³/mol. The summed E-state index contributed by atoms with van der Waals surface area (Å²) >= 11 is 4.94. The van der Waals surface area contributed by atoms with Crippen LogP contribution in [0.5, 0.6) is 5.75 Å². The summed E-state index contributed by atoms with van der Waals surface area (Å²) in [5, 5.41) is 0. The Morgan fingerprint density at radius 2 is 1.95 bits per heavy atom. The number of nitrogens with two attached hydrogens (primary N) is 1. The lowest BCUT2D eigenvalue weighted by Gasteiger charge is -2.23. The smallest absolute Gasteiger partial charge is 0.119 e. The van der Waals surface area contributed by atoms with Crippen LogP contribution in [-0.2, 0) is 0 Å². The van der Waals surface area contributed by atoms with E-state index in [4.69, 9.17) is 22.7 Å². The molecule has 0 bridgehead atoms. The third-order valence-electron chi connectivity index (χ3n) is 4.25. The van der Waals surface area contributed by atoms with Crippen LogP contribution in [0.25, 0.3) is 0 Å². The van der Waals surface area contributed by atoms with E-state index in [1.54, 1.807) is 0 Å². The van der Waals surface area contributed by atoms with Gasteiger partial charge in [-0.15, -0.1) is 0 Å². The molecule has 2 N–H and O–H groups in total. The Balaban J connectivity index is 1.75. The topological polar surface area (TPSA) is 38.5 Å². The molecule has 1 aliphatic heterocycles. The molecule has 2 rings (SSSR count). The van der Waals surface area contributed by atoms with Crippen LogP contribution in [0.2, 0.25) is 0 Å². The van der Waals surface area contributed by atoms with Gasteiger partial charge in [-0.2, -0.15) is 0 Å². The molecule has 0 spiro atoms. The van der Waals surface area contributed by atoms with Crippen molar-refractivity contribution < 1.29 is 4.74 Å². The highest BCUT2D eigenvalue weighted by molar-refractivity contribution is 7.80. The second-order valence-electron chi connectivity index (χ2n) is 6.60. The van der Waals surface area contributed by atoms with Crippen LogP contribution in [0, 0.1) is 5.41 Å². The maximum absolute atomic E-state index is 5.81. The van der Waals surface area contributed by atoms with E-state index in [2.05, 4.69) is 18.7 Å². The molecule has 4 heteroatoms. The first-order valence-corrected chi connectivity index (χ1v) is 8.12. The van der Waals surface area contributed by atoms with Gasteiger partial charge >= 0.3 is 0 Å². The van der Waals surface area contributed by atoms with Crippen LogP contribution in [0.15, 0.2) is 24.3 Å². The summed E-state index contributed by atoms with van der Waals surface area (Å²) < 4.78 is 5.81. The molecule has 1 saturated heterocycles. The number of likely N-dealkylation sites (tertiary alicyclic amines) is 1. The van der Waals surface area contributed by atoms with Crippen LogP contribution in [0.3, 0.4) is 0 Å². The summed E-state index contributed by atoms with van der Waals surface area (Å²) in [5.74, 6) is 0.880. The average Bonchev–Trinajstić information content (AvgIpc) is 2.61. The molecule has 0 amide bonds. The number of nitrogens with zero attached hydrogens (tertiary/aromatic N) is 1. The predicted octanol–water partition coefficient (Wildman–Crippen LogP) is 3.21. The summed E-state index contributed by atoms with van der Waals surface area (Å²) in [4.78, 5) is 2.94. The minimum atomic E-state index is 0.425. The van der Waals surface area contributed by atoms with Crippen molar-refractivity contribution in [2.24, 2.45) is 11.1 Å². The molecule has 1 fully saturated rings. The Labute approximate surface area is 133 Å². The molecule has 1 aliphatic rings. The molecule has 0 saturated carbocycles. The van der Waals surface area contributed by atoms with Gasteiger partial charge in [-0.25, -0.2) is 0 Å². The molecule has 0 atom stereocenters. The molecule has 21 heavy (non-hydrogen) atoms. The molecule has 0 unspecified atom stereocenters. The maximum Gasteiger partial charge on any atom is 0.119 e. The minimum absolute atomic E-state index is 0.425. The van der Waals surface area contributed by atoms with Gasteiger partial charge in [-0.05, 0) is 62.0 Å². The number of hydrogen-bond acceptors (Lipinski definition) is 3. The van der Waals surface area contributed by atoms with E-state index in [-0.39, 0.29) is 0 Å². The van der Waals surface area contributed by atoms with Gasteiger partial charge in [0.05, 0.1) is 0 Å². The Morgan fingerprint density at radius 1 is 1.24 bits per heavy atom. The van der Waals surface area contributed by atoms with Crippen molar-refractivity contribution >= 4 is 17.2 Å². The van der Waals surface area contributed by atoms with E-state index in [1.165, 1.54) is 32.4 Å². The number of ether oxygens (including phenoxy) is 1. The summed E-state index contributed by atoms with van der Waals surface area (Å²) in [7, 11) is 0. The second kappa shape index (κ2) is 7.23. The second-order valence-corrected chi connectivity index (χ2v) is 7.04. The van der Waals surface area contributed by atoms with Crippen molar-refractivity contribution in [1.29, 1.82) is 0 Å². The SMILES string of the molecule is CC1(C)CCCN(CCOc2ccc(C(N)=S)cc2)CC1. The number of benzene rings is 1. The van der Waals surface area contributed by atoms with Gasteiger partial charge in [0.25, 0.3) is 0 Å². The normalized spacial score (nSPS) is 19.0. The minimum Gasteiger partial charge on any atom is -0.492 e. The van der Waals surface area contributed by atoms with E-state index < -0.39 is 0 Å². The first-order chi connectivity index (χ1) is 9.96. The fourth-order valence-corrected chi connectivity index (χ4v) is 2.85.